The second-order valence-corrected chi connectivity index (χ2v) is 9.83. The van der Waals surface area contributed by atoms with E-state index in [4.69, 9.17) is 4.98 Å². The van der Waals surface area contributed by atoms with Gasteiger partial charge in [-0.15, -0.1) is 0 Å². The maximum absolute atomic E-state index is 13.5. The molecule has 3 aromatic rings. The van der Waals surface area contributed by atoms with Crippen molar-refractivity contribution in [2.75, 3.05) is 32.1 Å². The summed E-state index contributed by atoms with van der Waals surface area (Å²) in [6.45, 7) is 6.72. The number of hydrogen-bond donors (Lipinski definition) is 2. The van der Waals surface area contributed by atoms with Gasteiger partial charge in [0, 0.05) is 32.4 Å². The summed E-state index contributed by atoms with van der Waals surface area (Å²) in [6.07, 6.45) is 13.2. The molecular weight excluding hydrogens is 500 g/mol. The highest BCUT2D eigenvalue weighted by Gasteiger charge is 2.23. The number of hydrogen-bond acceptors (Lipinski definition) is 6. The summed E-state index contributed by atoms with van der Waals surface area (Å²) in [5.74, 6) is 0.307. The summed E-state index contributed by atoms with van der Waals surface area (Å²) in [5.41, 5.74) is 4.53. The molecule has 1 aliphatic carbocycles. The number of aromatic hydroxyl groups is 1. The zero-order valence-electron chi connectivity index (χ0n) is 24.1. The monoisotopic (exact) mass is 540 g/mol. The van der Waals surface area contributed by atoms with Gasteiger partial charge in [-0.05, 0) is 62.4 Å². The third-order valence-corrected chi connectivity index (χ3v) is 6.62. The fraction of sp³-hybridized carbons (Fsp3) is 0.303. The van der Waals surface area contributed by atoms with Crippen LogP contribution < -0.4 is 4.90 Å². The number of likely N-dealkylation sites (N-methyl/N-ethyl adjacent to an activating group) is 2. The SMILES string of the molecule is C/C=C\C.Cc1ccccc1-c1nc(N(C)CC2=CCCC=C2)ncc1C(=O)N(C)CC(O)c1cccc(O)c1. The van der Waals surface area contributed by atoms with Crippen LogP contribution in [0, 0.1) is 6.92 Å². The van der Waals surface area contributed by atoms with Crippen molar-refractivity contribution in [2.45, 2.75) is 39.7 Å². The molecule has 1 unspecified atom stereocenters. The first-order valence-electron chi connectivity index (χ1n) is 13.5. The number of carbonyl (C=O) groups excluding carboxylic acids is 1. The third kappa shape index (κ3) is 8.13. The van der Waals surface area contributed by atoms with Crippen LogP contribution in [-0.4, -0.2) is 58.2 Å². The van der Waals surface area contributed by atoms with Gasteiger partial charge in [-0.25, -0.2) is 9.97 Å². The lowest BCUT2D eigenvalue weighted by Gasteiger charge is -2.24. The number of aromatic nitrogens is 2. The number of rotatable bonds is 8. The molecule has 0 saturated carbocycles. The van der Waals surface area contributed by atoms with Crippen LogP contribution >= 0.6 is 0 Å². The maximum Gasteiger partial charge on any atom is 0.257 e. The Morgan fingerprint density at radius 2 is 1.82 bits per heavy atom. The summed E-state index contributed by atoms with van der Waals surface area (Å²) in [6, 6.07) is 14.2. The van der Waals surface area contributed by atoms with E-state index in [2.05, 4.69) is 23.2 Å². The Morgan fingerprint density at radius 1 is 1.07 bits per heavy atom. The molecule has 0 aliphatic heterocycles. The van der Waals surface area contributed by atoms with Crippen LogP contribution in [0.25, 0.3) is 11.3 Å². The van der Waals surface area contributed by atoms with E-state index in [-0.39, 0.29) is 18.2 Å². The number of aliphatic hydroxyl groups excluding tert-OH is 1. The Balaban J connectivity index is 0.00000103. The predicted octanol–water partition coefficient (Wildman–Crippen LogP) is 6.26. The van der Waals surface area contributed by atoms with E-state index >= 15 is 0 Å². The summed E-state index contributed by atoms with van der Waals surface area (Å²) < 4.78 is 0. The number of phenols is 1. The quantitative estimate of drug-likeness (QED) is 0.328. The molecule has 0 bridgehead atoms. The lowest BCUT2D eigenvalue weighted by atomic mass is 10.0. The predicted molar refractivity (Wildman–Crippen MR) is 162 cm³/mol. The van der Waals surface area contributed by atoms with Crippen LogP contribution in [0.2, 0.25) is 0 Å². The molecule has 1 heterocycles. The molecule has 7 nitrogen and oxygen atoms in total. The van der Waals surface area contributed by atoms with Crippen molar-refractivity contribution >= 4 is 11.9 Å². The molecule has 1 amide bonds. The molecule has 1 atom stereocenters. The van der Waals surface area contributed by atoms with Crippen LogP contribution in [0.15, 0.2) is 90.7 Å². The highest BCUT2D eigenvalue weighted by atomic mass is 16.3. The molecule has 4 rings (SSSR count). The van der Waals surface area contributed by atoms with Crippen molar-refractivity contribution in [1.82, 2.24) is 14.9 Å². The van der Waals surface area contributed by atoms with E-state index in [1.54, 1.807) is 25.4 Å². The number of phenolic OH excluding ortho intramolecular Hbond substituents is 1. The summed E-state index contributed by atoms with van der Waals surface area (Å²) >= 11 is 0. The van der Waals surface area contributed by atoms with Gasteiger partial charge in [0.2, 0.25) is 5.95 Å². The van der Waals surface area contributed by atoms with Crippen LogP contribution in [0.4, 0.5) is 5.95 Å². The van der Waals surface area contributed by atoms with Gasteiger partial charge < -0.3 is 20.0 Å². The number of nitrogens with zero attached hydrogens (tertiary/aromatic N) is 4. The van der Waals surface area contributed by atoms with Crippen molar-refractivity contribution < 1.29 is 15.0 Å². The molecule has 0 fully saturated rings. The second-order valence-electron chi connectivity index (χ2n) is 9.83. The van der Waals surface area contributed by atoms with E-state index in [0.717, 1.165) is 24.0 Å². The molecule has 1 aromatic heterocycles. The highest BCUT2D eigenvalue weighted by Crippen LogP contribution is 2.28. The van der Waals surface area contributed by atoms with Gasteiger partial charge in [-0.3, -0.25) is 4.79 Å². The molecule has 1 aliphatic rings. The topological polar surface area (TPSA) is 89.8 Å². The minimum absolute atomic E-state index is 0.0532. The van der Waals surface area contributed by atoms with Crippen molar-refractivity contribution in [2.24, 2.45) is 0 Å². The van der Waals surface area contributed by atoms with Gasteiger partial charge in [0.1, 0.15) is 5.75 Å². The van der Waals surface area contributed by atoms with E-state index < -0.39 is 6.10 Å². The zero-order chi connectivity index (χ0) is 29.1. The maximum atomic E-state index is 13.5. The Kier molecular flexibility index (Phi) is 11.2. The van der Waals surface area contributed by atoms with Crippen molar-refractivity contribution in [3.8, 4) is 17.0 Å². The van der Waals surface area contributed by atoms with E-state index in [9.17, 15) is 15.0 Å². The van der Waals surface area contributed by atoms with Gasteiger partial charge in [-0.1, -0.05) is 66.8 Å². The number of benzene rings is 2. The average Bonchev–Trinajstić information content (AvgIpc) is 2.97. The number of aryl methyl sites for hydroxylation is 1. The summed E-state index contributed by atoms with van der Waals surface area (Å²) in [5, 5.41) is 20.4. The summed E-state index contributed by atoms with van der Waals surface area (Å²) in [4.78, 5) is 26.3. The minimum Gasteiger partial charge on any atom is -0.508 e. The van der Waals surface area contributed by atoms with Crippen molar-refractivity contribution in [3.05, 3.63) is 107 Å². The molecule has 0 radical (unpaired) electrons. The Bertz CT molecular complexity index is 1380. The van der Waals surface area contributed by atoms with Gasteiger partial charge in [0.25, 0.3) is 5.91 Å². The van der Waals surface area contributed by atoms with Crippen LogP contribution in [0.5, 0.6) is 5.75 Å². The minimum atomic E-state index is -0.948. The molecule has 7 heteroatoms. The molecule has 40 heavy (non-hydrogen) atoms. The number of allylic oxidation sites excluding steroid dienone is 4. The largest absolute Gasteiger partial charge is 0.508 e. The van der Waals surface area contributed by atoms with Crippen molar-refractivity contribution in [3.63, 3.8) is 0 Å². The first kappa shape index (κ1) is 30.3. The van der Waals surface area contributed by atoms with E-state index in [1.165, 1.54) is 22.6 Å². The first-order valence-corrected chi connectivity index (χ1v) is 13.5. The molecule has 2 N–H and O–H groups in total. The van der Waals surface area contributed by atoms with Gasteiger partial charge in [0.15, 0.2) is 0 Å². The fourth-order valence-corrected chi connectivity index (χ4v) is 4.27. The molecule has 0 saturated heterocycles. The smallest absolute Gasteiger partial charge is 0.257 e. The Labute approximate surface area is 237 Å². The van der Waals surface area contributed by atoms with Crippen LogP contribution in [0.3, 0.4) is 0 Å². The van der Waals surface area contributed by atoms with E-state index in [1.807, 2.05) is 69.1 Å². The number of amides is 1. The molecule has 2 aromatic carbocycles. The van der Waals surface area contributed by atoms with Crippen LogP contribution in [0.1, 0.15) is 54.3 Å². The van der Waals surface area contributed by atoms with Crippen molar-refractivity contribution in [1.29, 1.82) is 0 Å². The van der Waals surface area contributed by atoms with Gasteiger partial charge in [0.05, 0.1) is 23.9 Å². The van der Waals surface area contributed by atoms with E-state index in [0.29, 0.717) is 29.3 Å². The highest BCUT2D eigenvalue weighted by molar-refractivity contribution is 6.00. The number of aliphatic hydroxyl groups is 1. The second kappa shape index (κ2) is 14.8. The van der Waals surface area contributed by atoms with Crippen LogP contribution in [-0.2, 0) is 0 Å². The number of anilines is 1. The van der Waals surface area contributed by atoms with Gasteiger partial charge >= 0.3 is 0 Å². The first-order chi connectivity index (χ1) is 19.2. The molecule has 0 spiro atoms. The zero-order valence-corrected chi connectivity index (χ0v) is 24.1. The normalized spacial score (nSPS) is 13.3. The Hall–Kier alpha value is -4.23. The fourth-order valence-electron chi connectivity index (χ4n) is 4.27. The average molecular weight is 541 g/mol. The van der Waals surface area contributed by atoms with Gasteiger partial charge in [-0.2, -0.15) is 0 Å². The molecule has 210 valence electrons. The lowest BCUT2D eigenvalue weighted by molar-refractivity contribution is 0.0681. The number of carbonyl (C=O) groups is 1. The lowest BCUT2D eigenvalue weighted by Crippen LogP contribution is -2.32. The third-order valence-electron chi connectivity index (χ3n) is 6.62. The summed E-state index contributed by atoms with van der Waals surface area (Å²) in [7, 11) is 3.58. The molecular formula is C33H40N4O3. The standard InChI is InChI=1S/C29H32N4O3.C4H8/c1-20-10-7-8-15-24(20)27-25(17-30-29(31-27)33(3)18-21-11-5-4-6-12-21)28(36)32(2)19-26(35)22-13-9-14-23(34)16-22;1-3-4-2/h5,7-17,26,34-35H,4,6,18-19H2,1-3H3;3-4H,1-2H3/b;4-3-. The Morgan fingerprint density at radius 3 is 2.48 bits per heavy atom.